The summed E-state index contributed by atoms with van der Waals surface area (Å²) in [7, 11) is 1.69. The molecular weight excluding hydrogens is 332 g/mol. The fraction of sp³-hybridized carbons (Fsp3) is 0.208. The fourth-order valence-corrected chi connectivity index (χ4v) is 3.59. The number of para-hydroxylation sites is 1. The van der Waals surface area contributed by atoms with Gasteiger partial charge in [0.2, 0.25) is 0 Å². The number of aromatic nitrogens is 2. The Morgan fingerprint density at radius 3 is 2.56 bits per heavy atom. The van der Waals surface area contributed by atoms with Crippen molar-refractivity contribution >= 4 is 34.0 Å². The molecule has 2 heterocycles. The van der Waals surface area contributed by atoms with Gasteiger partial charge in [0, 0.05) is 29.0 Å². The third-order valence-corrected chi connectivity index (χ3v) is 4.99. The van der Waals surface area contributed by atoms with Gasteiger partial charge in [-0.15, -0.1) is 0 Å². The lowest BCUT2D eigenvalue weighted by Gasteiger charge is -2.08. The van der Waals surface area contributed by atoms with Gasteiger partial charge in [-0.3, -0.25) is 4.98 Å². The minimum atomic E-state index is 0.868. The van der Waals surface area contributed by atoms with E-state index in [1.165, 1.54) is 28.2 Å². The van der Waals surface area contributed by atoms with Gasteiger partial charge in [-0.2, -0.15) is 0 Å². The van der Waals surface area contributed by atoms with Crippen molar-refractivity contribution in [2.24, 2.45) is 0 Å². The molecule has 0 aliphatic rings. The summed E-state index contributed by atoms with van der Waals surface area (Å²) in [5, 5.41) is 2.57. The number of hydrogen-bond acceptors (Lipinski definition) is 2. The quantitative estimate of drug-likeness (QED) is 0.413. The maximum atomic E-state index is 5.24. The Kier molecular flexibility index (Phi) is 4.93. The molecule has 0 atom stereocenters. The normalized spacial score (nSPS) is 11.6. The Morgan fingerprint density at radius 2 is 1.78 bits per heavy atom. The second-order valence-electron chi connectivity index (χ2n) is 6.72. The van der Waals surface area contributed by atoms with Crippen LogP contribution in [0.3, 0.4) is 0 Å². The zero-order valence-corrected chi connectivity index (χ0v) is 15.9. The maximum Gasteiger partial charge on any atom is 0.118 e. The minimum Gasteiger partial charge on any atom is -0.497 e. The number of fused-ring (bicyclic) bond motifs is 3. The lowest BCUT2D eigenvalue weighted by molar-refractivity contribution is 0.415. The highest BCUT2D eigenvalue weighted by molar-refractivity contribution is 6.10. The van der Waals surface area contributed by atoms with Crippen LogP contribution in [-0.4, -0.2) is 16.7 Å². The average Bonchev–Trinajstić information content (AvgIpc) is 3.05. The second kappa shape index (κ2) is 7.67. The zero-order chi connectivity index (χ0) is 18.6. The molecule has 0 aliphatic carbocycles. The number of rotatable bonds is 6. The highest BCUT2D eigenvalue weighted by Crippen LogP contribution is 2.31. The standard InChI is InChI=1S/C24H24N2O/c1-3-4-17-26-23-8-6-5-7-20(23)21-15-16-25-22(24(21)26)14-11-18-9-12-19(27-2)13-10-18/h5-16H,3-4,17H2,1-2H3/b14-11+. The minimum absolute atomic E-state index is 0.868. The van der Waals surface area contributed by atoms with Gasteiger partial charge in [0.05, 0.1) is 18.3 Å². The van der Waals surface area contributed by atoms with Crippen molar-refractivity contribution in [2.75, 3.05) is 7.11 Å². The predicted molar refractivity (Wildman–Crippen MR) is 114 cm³/mol. The SMILES string of the molecule is CCCCn1c2ccccc2c2ccnc(/C=C/c3ccc(OC)cc3)c21. The van der Waals surface area contributed by atoms with E-state index in [2.05, 4.69) is 71.1 Å². The molecule has 0 unspecified atom stereocenters. The van der Waals surface area contributed by atoms with Crippen LogP contribution in [0.25, 0.3) is 34.0 Å². The number of unbranched alkanes of at least 4 members (excludes halogenated alkanes) is 1. The first-order valence-electron chi connectivity index (χ1n) is 9.50. The van der Waals surface area contributed by atoms with E-state index in [0.29, 0.717) is 0 Å². The molecule has 0 aliphatic heterocycles. The summed E-state index contributed by atoms with van der Waals surface area (Å²) in [6, 6.07) is 18.8. The number of aryl methyl sites for hydroxylation is 1. The zero-order valence-electron chi connectivity index (χ0n) is 15.9. The molecule has 27 heavy (non-hydrogen) atoms. The van der Waals surface area contributed by atoms with E-state index in [1.807, 2.05) is 18.3 Å². The van der Waals surface area contributed by atoms with Crippen LogP contribution >= 0.6 is 0 Å². The Balaban J connectivity index is 1.83. The van der Waals surface area contributed by atoms with Gasteiger partial charge in [-0.1, -0.05) is 49.8 Å². The first-order chi connectivity index (χ1) is 13.3. The maximum absolute atomic E-state index is 5.24. The third kappa shape index (κ3) is 3.33. The van der Waals surface area contributed by atoms with E-state index in [0.717, 1.165) is 30.0 Å². The molecule has 3 nitrogen and oxygen atoms in total. The highest BCUT2D eigenvalue weighted by Gasteiger charge is 2.12. The summed E-state index contributed by atoms with van der Waals surface area (Å²) in [5.74, 6) is 0.868. The lowest BCUT2D eigenvalue weighted by Crippen LogP contribution is -1.99. The first-order valence-corrected chi connectivity index (χ1v) is 9.50. The summed E-state index contributed by atoms with van der Waals surface area (Å²) >= 11 is 0. The van der Waals surface area contributed by atoms with E-state index >= 15 is 0 Å². The monoisotopic (exact) mass is 356 g/mol. The van der Waals surface area contributed by atoms with Crippen LogP contribution in [0.1, 0.15) is 31.0 Å². The Morgan fingerprint density at radius 1 is 0.963 bits per heavy atom. The molecule has 3 heteroatoms. The summed E-state index contributed by atoms with van der Waals surface area (Å²) in [6.07, 6.45) is 8.47. The van der Waals surface area contributed by atoms with Crippen LogP contribution in [0.4, 0.5) is 0 Å². The molecule has 4 aromatic rings. The highest BCUT2D eigenvalue weighted by atomic mass is 16.5. The second-order valence-corrected chi connectivity index (χ2v) is 6.72. The summed E-state index contributed by atoms with van der Waals surface area (Å²) < 4.78 is 7.66. The molecule has 0 N–H and O–H groups in total. The molecule has 0 saturated carbocycles. The van der Waals surface area contributed by atoms with Crippen LogP contribution in [0.15, 0.2) is 60.8 Å². The van der Waals surface area contributed by atoms with Crippen molar-refractivity contribution in [1.82, 2.24) is 9.55 Å². The summed E-state index contributed by atoms with van der Waals surface area (Å²) in [4.78, 5) is 4.69. The number of nitrogens with zero attached hydrogens (tertiary/aromatic N) is 2. The molecule has 0 spiro atoms. The van der Waals surface area contributed by atoms with E-state index < -0.39 is 0 Å². The molecule has 0 amide bonds. The van der Waals surface area contributed by atoms with Gasteiger partial charge in [-0.05, 0) is 42.3 Å². The topological polar surface area (TPSA) is 27.1 Å². The Hall–Kier alpha value is -3.07. The van der Waals surface area contributed by atoms with E-state index in [-0.39, 0.29) is 0 Å². The van der Waals surface area contributed by atoms with Gasteiger partial charge in [-0.25, -0.2) is 0 Å². The van der Waals surface area contributed by atoms with Gasteiger partial charge >= 0.3 is 0 Å². The average molecular weight is 356 g/mol. The summed E-state index contributed by atoms with van der Waals surface area (Å²) in [6.45, 7) is 3.24. The van der Waals surface area contributed by atoms with Crippen molar-refractivity contribution in [2.45, 2.75) is 26.3 Å². The van der Waals surface area contributed by atoms with Gasteiger partial charge in [0.1, 0.15) is 5.75 Å². The van der Waals surface area contributed by atoms with Crippen molar-refractivity contribution < 1.29 is 4.74 Å². The van der Waals surface area contributed by atoms with Crippen molar-refractivity contribution in [3.05, 3.63) is 72.1 Å². The number of benzene rings is 2. The first kappa shape index (κ1) is 17.3. The van der Waals surface area contributed by atoms with E-state index in [1.54, 1.807) is 7.11 Å². The molecule has 4 rings (SSSR count). The molecule has 0 radical (unpaired) electrons. The smallest absolute Gasteiger partial charge is 0.118 e. The number of methoxy groups -OCH3 is 1. The predicted octanol–water partition coefficient (Wildman–Crippen LogP) is 6.17. The van der Waals surface area contributed by atoms with Crippen molar-refractivity contribution in [3.8, 4) is 5.75 Å². The molecule has 2 aromatic heterocycles. The van der Waals surface area contributed by atoms with Crippen LogP contribution < -0.4 is 4.74 Å². The largest absolute Gasteiger partial charge is 0.497 e. The van der Waals surface area contributed by atoms with Gasteiger partial charge in [0.15, 0.2) is 0 Å². The molecule has 0 saturated heterocycles. The lowest BCUT2D eigenvalue weighted by atomic mass is 10.1. The van der Waals surface area contributed by atoms with Crippen LogP contribution in [-0.2, 0) is 6.54 Å². The van der Waals surface area contributed by atoms with Crippen LogP contribution in [0.5, 0.6) is 5.75 Å². The van der Waals surface area contributed by atoms with Crippen LogP contribution in [0, 0.1) is 0 Å². The molecule has 2 aromatic carbocycles. The Labute approximate surface area is 159 Å². The summed E-state index contributed by atoms with van der Waals surface area (Å²) in [5.41, 5.74) is 4.64. The van der Waals surface area contributed by atoms with Gasteiger partial charge in [0.25, 0.3) is 0 Å². The number of ether oxygens (including phenoxy) is 1. The molecular formula is C24H24N2O. The molecule has 0 bridgehead atoms. The Bertz CT molecular complexity index is 1090. The molecule has 0 fully saturated rings. The van der Waals surface area contributed by atoms with Crippen molar-refractivity contribution in [1.29, 1.82) is 0 Å². The number of hydrogen-bond donors (Lipinski definition) is 0. The number of pyridine rings is 1. The van der Waals surface area contributed by atoms with Crippen LogP contribution in [0.2, 0.25) is 0 Å². The fourth-order valence-electron chi connectivity index (χ4n) is 3.59. The third-order valence-electron chi connectivity index (χ3n) is 4.99. The van der Waals surface area contributed by atoms with Gasteiger partial charge < -0.3 is 9.30 Å². The van der Waals surface area contributed by atoms with Crippen molar-refractivity contribution in [3.63, 3.8) is 0 Å². The van der Waals surface area contributed by atoms with E-state index in [9.17, 15) is 0 Å². The van der Waals surface area contributed by atoms with E-state index in [4.69, 9.17) is 4.74 Å². The molecule has 136 valence electrons.